The molecule has 0 aliphatic rings. The Morgan fingerprint density at radius 1 is 1.00 bits per heavy atom. The van der Waals surface area contributed by atoms with Crippen molar-refractivity contribution >= 4 is 23.4 Å². The lowest BCUT2D eigenvalue weighted by atomic mass is 10.2. The third kappa shape index (κ3) is 5.28. The lowest BCUT2D eigenvalue weighted by molar-refractivity contribution is -0.384. The highest BCUT2D eigenvalue weighted by atomic mass is 16.6. The van der Waals surface area contributed by atoms with E-state index in [9.17, 15) is 14.9 Å². The van der Waals surface area contributed by atoms with Gasteiger partial charge in [0.15, 0.2) is 0 Å². The summed E-state index contributed by atoms with van der Waals surface area (Å²) in [6.45, 7) is 1.99. The second-order valence-corrected chi connectivity index (χ2v) is 6.12. The molecule has 0 aromatic heterocycles. The van der Waals surface area contributed by atoms with Crippen molar-refractivity contribution in [1.29, 1.82) is 0 Å². The van der Waals surface area contributed by atoms with Gasteiger partial charge >= 0.3 is 0 Å². The van der Waals surface area contributed by atoms with Gasteiger partial charge < -0.3 is 10.1 Å². The summed E-state index contributed by atoms with van der Waals surface area (Å²) in [5.74, 6) is 1.08. The standard InChI is InChI=1S/C22H18N2O4/c1-16-4-2-7-21(14-16)28-20-11-9-18(10-12-20)23-22(25)13-8-17-5-3-6-19(15-17)24(26)27/h2-15H,1H3,(H,23,25)/b13-8+. The number of nitrogens with zero attached hydrogens (tertiary/aromatic N) is 1. The zero-order valence-electron chi connectivity index (χ0n) is 15.2. The molecule has 0 bridgehead atoms. The number of carbonyl (C=O) groups is 1. The average Bonchev–Trinajstić information content (AvgIpc) is 2.68. The number of ether oxygens (including phenoxy) is 1. The van der Waals surface area contributed by atoms with Crippen LogP contribution in [-0.4, -0.2) is 10.8 Å². The smallest absolute Gasteiger partial charge is 0.270 e. The molecule has 0 aliphatic heterocycles. The molecule has 140 valence electrons. The highest BCUT2D eigenvalue weighted by Crippen LogP contribution is 2.23. The molecule has 0 radical (unpaired) electrons. The molecule has 0 heterocycles. The molecule has 0 aliphatic carbocycles. The molecule has 6 heteroatoms. The van der Waals surface area contributed by atoms with Crippen LogP contribution in [0, 0.1) is 17.0 Å². The number of anilines is 1. The van der Waals surface area contributed by atoms with E-state index in [0.29, 0.717) is 17.0 Å². The van der Waals surface area contributed by atoms with Gasteiger partial charge in [0.05, 0.1) is 4.92 Å². The number of nitro benzene ring substituents is 1. The van der Waals surface area contributed by atoms with Crippen molar-refractivity contribution in [2.45, 2.75) is 6.92 Å². The summed E-state index contributed by atoms with van der Waals surface area (Å²) >= 11 is 0. The summed E-state index contributed by atoms with van der Waals surface area (Å²) in [7, 11) is 0. The topological polar surface area (TPSA) is 81.5 Å². The Balaban J connectivity index is 1.60. The monoisotopic (exact) mass is 374 g/mol. The molecular formula is C22H18N2O4. The third-order valence-corrected chi connectivity index (χ3v) is 3.86. The van der Waals surface area contributed by atoms with Gasteiger partial charge in [-0.25, -0.2) is 0 Å². The van der Waals surface area contributed by atoms with E-state index in [2.05, 4.69) is 5.32 Å². The minimum atomic E-state index is -0.474. The Morgan fingerprint density at radius 2 is 1.75 bits per heavy atom. The zero-order chi connectivity index (χ0) is 19.9. The predicted octanol–water partition coefficient (Wildman–Crippen LogP) is 5.35. The van der Waals surface area contributed by atoms with Gasteiger partial charge in [0.1, 0.15) is 11.5 Å². The molecule has 1 amide bonds. The number of hydrogen-bond donors (Lipinski definition) is 1. The fourth-order valence-corrected chi connectivity index (χ4v) is 2.52. The van der Waals surface area contributed by atoms with E-state index in [0.717, 1.165) is 11.3 Å². The van der Waals surface area contributed by atoms with E-state index in [1.807, 2.05) is 31.2 Å². The molecule has 0 saturated heterocycles. The maximum atomic E-state index is 12.1. The average molecular weight is 374 g/mol. The number of aryl methyl sites for hydroxylation is 1. The number of nitro groups is 1. The summed E-state index contributed by atoms with van der Waals surface area (Å²) < 4.78 is 5.77. The molecule has 6 nitrogen and oxygen atoms in total. The first kappa shape index (κ1) is 18.8. The maximum absolute atomic E-state index is 12.1. The Morgan fingerprint density at radius 3 is 2.46 bits per heavy atom. The number of carbonyl (C=O) groups excluding carboxylic acids is 1. The lowest BCUT2D eigenvalue weighted by Crippen LogP contribution is -2.07. The molecule has 3 aromatic carbocycles. The summed E-state index contributed by atoms with van der Waals surface area (Å²) in [4.78, 5) is 22.4. The Kier molecular flexibility index (Phi) is 5.81. The van der Waals surface area contributed by atoms with Gasteiger partial charge in [0, 0.05) is 23.9 Å². The van der Waals surface area contributed by atoms with Gasteiger partial charge in [-0.2, -0.15) is 0 Å². The van der Waals surface area contributed by atoms with Gasteiger partial charge in [-0.15, -0.1) is 0 Å². The zero-order valence-corrected chi connectivity index (χ0v) is 15.2. The van der Waals surface area contributed by atoms with Crippen molar-refractivity contribution in [3.8, 4) is 11.5 Å². The number of benzene rings is 3. The highest BCUT2D eigenvalue weighted by Gasteiger charge is 2.05. The second kappa shape index (κ2) is 8.64. The molecule has 1 N–H and O–H groups in total. The maximum Gasteiger partial charge on any atom is 0.270 e. The van der Waals surface area contributed by atoms with Crippen molar-refractivity contribution in [2.75, 3.05) is 5.32 Å². The Hall–Kier alpha value is -3.93. The van der Waals surface area contributed by atoms with E-state index >= 15 is 0 Å². The Labute approximate surface area is 162 Å². The number of non-ortho nitro benzene ring substituents is 1. The van der Waals surface area contributed by atoms with Crippen LogP contribution in [0.15, 0.2) is 78.9 Å². The third-order valence-electron chi connectivity index (χ3n) is 3.86. The van der Waals surface area contributed by atoms with E-state index in [1.54, 1.807) is 36.4 Å². The van der Waals surface area contributed by atoms with Crippen LogP contribution in [0.3, 0.4) is 0 Å². The molecule has 0 spiro atoms. The number of rotatable bonds is 6. The van der Waals surface area contributed by atoms with Gasteiger partial charge in [-0.3, -0.25) is 14.9 Å². The molecule has 3 aromatic rings. The largest absolute Gasteiger partial charge is 0.457 e. The minimum absolute atomic E-state index is 0.0215. The minimum Gasteiger partial charge on any atom is -0.457 e. The molecule has 28 heavy (non-hydrogen) atoms. The van der Waals surface area contributed by atoms with E-state index in [4.69, 9.17) is 4.74 Å². The summed E-state index contributed by atoms with van der Waals surface area (Å²) in [6.07, 6.45) is 2.85. The first-order valence-corrected chi connectivity index (χ1v) is 8.58. The summed E-state index contributed by atoms with van der Waals surface area (Å²) in [5, 5.41) is 13.5. The SMILES string of the molecule is Cc1cccc(Oc2ccc(NC(=O)/C=C/c3cccc([N+](=O)[O-])c3)cc2)c1. The first-order valence-electron chi connectivity index (χ1n) is 8.58. The molecule has 0 unspecified atom stereocenters. The fraction of sp³-hybridized carbons (Fsp3) is 0.0455. The second-order valence-electron chi connectivity index (χ2n) is 6.12. The number of amides is 1. The van der Waals surface area contributed by atoms with Crippen LogP contribution >= 0.6 is 0 Å². The molecule has 0 atom stereocenters. The van der Waals surface area contributed by atoms with Crippen LogP contribution in [0.2, 0.25) is 0 Å². The molecular weight excluding hydrogens is 356 g/mol. The van der Waals surface area contributed by atoms with Crippen molar-refractivity contribution in [3.63, 3.8) is 0 Å². The van der Waals surface area contributed by atoms with Crippen molar-refractivity contribution in [2.24, 2.45) is 0 Å². The molecule has 0 saturated carbocycles. The van der Waals surface area contributed by atoms with Crippen LogP contribution in [0.4, 0.5) is 11.4 Å². The van der Waals surface area contributed by atoms with Crippen molar-refractivity contribution < 1.29 is 14.5 Å². The van der Waals surface area contributed by atoms with Crippen molar-refractivity contribution in [1.82, 2.24) is 0 Å². The van der Waals surface area contributed by atoms with E-state index in [-0.39, 0.29) is 11.6 Å². The van der Waals surface area contributed by atoms with Crippen LogP contribution < -0.4 is 10.1 Å². The van der Waals surface area contributed by atoms with Gasteiger partial charge in [0.25, 0.3) is 5.69 Å². The number of nitrogens with one attached hydrogen (secondary N) is 1. The van der Waals surface area contributed by atoms with Crippen LogP contribution in [0.5, 0.6) is 11.5 Å². The first-order chi connectivity index (χ1) is 13.5. The van der Waals surface area contributed by atoms with Gasteiger partial charge in [-0.1, -0.05) is 24.3 Å². The van der Waals surface area contributed by atoms with Gasteiger partial charge in [0.2, 0.25) is 5.91 Å². The summed E-state index contributed by atoms with van der Waals surface area (Å²) in [5.41, 5.74) is 2.28. The van der Waals surface area contributed by atoms with Crippen LogP contribution in [0.1, 0.15) is 11.1 Å². The van der Waals surface area contributed by atoms with Crippen molar-refractivity contribution in [3.05, 3.63) is 100 Å². The Bertz CT molecular complexity index is 1030. The van der Waals surface area contributed by atoms with Crippen LogP contribution in [-0.2, 0) is 4.79 Å². The number of hydrogen-bond acceptors (Lipinski definition) is 4. The highest BCUT2D eigenvalue weighted by molar-refractivity contribution is 6.01. The van der Waals surface area contributed by atoms with E-state index < -0.39 is 4.92 Å². The van der Waals surface area contributed by atoms with E-state index in [1.165, 1.54) is 24.3 Å². The molecule has 3 rings (SSSR count). The summed E-state index contributed by atoms with van der Waals surface area (Å²) in [6, 6.07) is 20.8. The predicted molar refractivity (Wildman–Crippen MR) is 108 cm³/mol. The van der Waals surface area contributed by atoms with Gasteiger partial charge in [-0.05, 0) is 60.5 Å². The molecule has 0 fully saturated rings. The lowest BCUT2D eigenvalue weighted by Gasteiger charge is -2.08. The fourth-order valence-electron chi connectivity index (χ4n) is 2.52. The quantitative estimate of drug-likeness (QED) is 0.358. The normalized spacial score (nSPS) is 10.6. The van der Waals surface area contributed by atoms with Crippen LogP contribution in [0.25, 0.3) is 6.08 Å².